The van der Waals surface area contributed by atoms with Crippen LogP contribution in [0, 0.1) is 16.0 Å². The summed E-state index contributed by atoms with van der Waals surface area (Å²) in [7, 11) is 1.91. The number of ether oxygens (including phenoxy) is 2. The lowest BCUT2D eigenvalue weighted by Gasteiger charge is -2.20. The van der Waals surface area contributed by atoms with Crippen LogP contribution in [0.15, 0.2) is 12.1 Å². The molecular weight excluding hydrogens is 260 g/mol. The predicted octanol–water partition coefficient (Wildman–Crippen LogP) is 1.91. The number of benzene rings is 1. The quantitative estimate of drug-likeness (QED) is 0.658. The predicted molar refractivity (Wildman–Crippen MR) is 73.4 cm³/mol. The highest BCUT2D eigenvalue weighted by molar-refractivity contribution is 5.55. The molecule has 1 fully saturated rings. The van der Waals surface area contributed by atoms with Crippen LogP contribution in [-0.2, 0) is 6.42 Å². The molecule has 6 heteroatoms. The summed E-state index contributed by atoms with van der Waals surface area (Å²) < 4.78 is 10.9. The van der Waals surface area contributed by atoms with Crippen molar-refractivity contribution >= 4 is 5.69 Å². The van der Waals surface area contributed by atoms with Crippen LogP contribution in [0.3, 0.4) is 0 Å². The largest absolute Gasteiger partial charge is 0.486 e. The van der Waals surface area contributed by atoms with Crippen molar-refractivity contribution in [3.8, 4) is 11.5 Å². The zero-order valence-corrected chi connectivity index (χ0v) is 11.4. The highest BCUT2D eigenvalue weighted by atomic mass is 16.6. The number of nitrogens with zero attached hydrogens (tertiary/aromatic N) is 1. The van der Waals surface area contributed by atoms with Gasteiger partial charge in [0, 0.05) is 11.6 Å². The highest BCUT2D eigenvalue weighted by Gasteiger charge is 2.32. The first-order valence-electron chi connectivity index (χ1n) is 6.93. The molecule has 1 atom stereocenters. The van der Waals surface area contributed by atoms with E-state index >= 15 is 0 Å². The third kappa shape index (κ3) is 2.56. The van der Waals surface area contributed by atoms with Crippen molar-refractivity contribution in [1.29, 1.82) is 0 Å². The Morgan fingerprint density at radius 2 is 2.00 bits per heavy atom. The summed E-state index contributed by atoms with van der Waals surface area (Å²) in [5.41, 5.74) is 0.834. The average Bonchev–Trinajstić information content (AvgIpc) is 3.28. The fraction of sp³-hybridized carbons (Fsp3) is 0.571. The van der Waals surface area contributed by atoms with Gasteiger partial charge in [0.05, 0.1) is 11.0 Å². The molecule has 3 rings (SSSR count). The monoisotopic (exact) mass is 278 g/mol. The van der Waals surface area contributed by atoms with Gasteiger partial charge < -0.3 is 14.8 Å². The van der Waals surface area contributed by atoms with Crippen LogP contribution >= 0.6 is 0 Å². The number of hydrogen-bond acceptors (Lipinski definition) is 5. The van der Waals surface area contributed by atoms with E-state index in [1.807, 2.05) is 7.05 Å². The summed E-state index contributed by atoms with van der Waals surface area (Å²) >= 11 is 0. The molecule has 0 amide bonds. The van der Waals surface area contributed by atoms with Gasteiger partial charge in [0.1, 0.15) is 13.2 Å². The van der Waals surface area contributed by atoms with Crippen LogP contribution in [-0.4, -0.2) is 31.2 Å². The highest BCUT2D eigenvalue weighted by Crippen LogP contribution is 2.39. The Labute approximate surface area is 117 Å². The number of rotatable bonds is 5. The molecule has 6 nitrogen and oxygen atoms in total. The van der Waals surface area contributed by atoms with E-state index in [2.05, 4.69) is 5.32 Å². The van der Waals surface area contributed by atoms with Gasteiger partial charge in [0.2, 0.25) is 0 Å². The molecule has 1 aromatic rings. The zero-order chi connectivity index (χ0) is 14.1. The molecule has 108 valence electrons. The third-order valence-corrected chi connectivity index (χ3v) is 3.94. The molecule has 0 saturated heterocycles. The summed E-state index contributed by atoms with van der Waals surface area (Å²) in [5.74, 6) is 1.72. The molecule has 1 aliphatic heterocycles. The molecule has 2 aliphatic rings. The maximum Gasteiger partial charge on any atom is 0.276 e. The van der Waals surface area contributed by atoms with Gasteiger partial charge >= 0.3 is 0 Å². The Morgan fingerprint density at radius 3 is 2.55 bits per heavy atom. The van der Waals surface area contributed by atoms with E-state index in [4.69, 9.17) is 9.47 Å². The van der Waals surface area contributed by atoms with E-state index in [1.54, 1.807) is 6.07 Å². The second-order valence-corrected chi connectivity index (χ2v) is 5.32. The van der Waals surface area contributed by atoms with Gasteiger partial charge in [-0.05, 0) is 38.3 Å². The smallest absolute Gasteiger partial charge is 0.276 e. The van der Waals surface area contributed by atoms with Crippen LogP contribution < -0.4 is 14.8 Å². The second-order valence-electron chi connectivity index (χ2n) is 5.32. The molecule has 1 aliphatic carbocycles. The maximum atomic E-state index is 11.3. The minimum Gasteiger partial charge on any atom is -0.486 e. The van der Waals surface area contributed by atoms with E-state index in [0.717, 1.165) is 0 Å². The topological polar surface area (TPSA) is 73.6 Å². The van der Waals surface area contributed by atoms with Crippen molar-refractivity contribution in [2.24, 2.45) is 5.92 Å². The molecule has 0 spiro atoms. The standard InChI is InChI=1S/C14H18N2O4/c1-15-11(9-2-3-9)6-10-7-13-14(20-5-4-19-13)8-12(10)16(17)18/h7-9,11,15H,2-6H2,1H3. The average molecular weight is 278 g/mol. The first-order valence-corrected chi connectivity index (χ1v) is 6.93. The number of nitrogens with one attached hydrogen (secondary N) is 1. The molecule has 1 N–H and O–H groups in total. The minimum absolute atomic E-state index is 0.121. The van der Waals surface area contributed by atoms with Crippen LogP contribution in [0.1, 0.15) is 18.4 Å². The van der Waals surface area contributed by atoms with E-state index in [9.17, 15) is 10.1 Å². The van der Waals surface area contributed by atoms with Gasteiger partial charge in [-0.15, -0.1) is 0 Å². The van der Waals surface area contributed by atoms with Crippen LogP contribution in [0.2, 0.25) is 0 Å². The van der Waals surface area contributed by atoms with Gasteiger partial charge in [0.25, 0.3) is 5.69 Å². The molecule has 1 heterocycles. The number of likely N-dealkylation sites (N-methyl/N-ethyl adjacent to an activating group) is 1. The lowest BCUT2D eigenvalue weighted by atomic mass is 10.00. The Morgan fingerprint density at radius 1 is 1.35 bits per heavy atom. The van der Waals surface area contributed by atoms with E-state index in [1.165, 1.54) is 18.9 Å². The lowest BCUT2D eigenvalue weighted by molar-refractivity contribution is -0.385. The van der Waals surface area contributed by atoms with Gasteiger partial charge in [-0.2, -0.15) is 0 Å². The van der Waals surface area contributed by atoms with Crippen molar-refractivity contribution in [1.82, 2.24) is 5.32 Å². The molecule has 1 saturated carbocycles. The molecule has 1 unspecified atom stereocenters. The van der Waals surface area contributed by atoms with Crippen molar-refractivity contribution in [3.63, 3.8) is 0 Å². The lowest BCUT2D eigenvalue weighted by Crippen LogP contribution is -2.30. The van der Waals surface area contributed by atoms with Gasteiger partial charge in [-0.3, -0.25) is 10.1 Å². The van der Waals surface area contributed by atoms with E-state index < -0.39 is 0 Å². The Bertz CT molecular complexity index is 528. The third-order valence-electron chi connectivity index (χ3n) is 3.94. The van der Waals surface area contributed by atoms with Gasteiger partial charge in [0.15, 0.2) is 11.5 Å². The number of nitro benzene ring substituents is 1. The van der Waals surface area contributed by atoms with Gasteiger partial charge in [-0.1, -0.05) is 0 Å². The fourth-order valence-corrected chi connectivity index (χ4v) is 2.69. The molecule has 1 aromatic carbocycles. The SMILES string of the molecule is CNC(Cc1cc2c(cc1[N+](=O)[O-])OCCO2)C1CC1. The van der Waals surface area contributed by atoms with Crippen molar-refractivity contribution in [2.45, 2.75) is 25.3 Å². The Hall–Kier alpha value is -1.82. The summed E-state index contributed by atoms with van der Waals surface area (Å²) in [6.45, 7) is 0.924. The maximum absolute atomic E-state index is 11.3. The Kier molecular flexibility index (Phi) is 3.48. The van der Waals surface area contributed by atoms with Crippen LogP contribution in [0.5, 0.6) is 11.5 Å². The number of nitro groups is 1. The van der Waals surface area contributed by atoms with Gasteiger partial charge in [-0.25, -0.2) is 0 Å². The van der Waals surface area contributed by atoms with Crippen LogP contribution in [0.4, 0.5) is 5.69 Å². The summed E-state index contributed by atoms with van der Waals surface area (Å²) in [6, 6.07) is 3.54. The first-order chi connectivity index (χ1) is 9.69. The minimum atomic E-state index is -0.340. The summed E-state index contributed by atoms with van der Waals surface area (Å²) in [5, 5.41) is 14.5. The first kappa shape index (κ1) is 13.2. The second kappa shape index (κ2) is 5.28. The molecular formula is C14H18N2O4. The number of hydrogen-bond donors (Lipinski definition) is 1. The van der Waals surface area contributed by atoms with Crippen molar-refractivity contribution < 1.29 is 14.4 Å². The molecule has 0 bridgehead atoms. The van der Waals surface area contributed by atoms with E-state index in [-0.39, 0.29) is 16.7 Å². The zero-order valence-electron chi connectivity index (χ0n) is 11.4. The molecule has 0 radical (unpaired) electrons. The van der Waals surface area contributed by atoms with Crippen molar-refractivity contribution in [3.05, 3.63) is 27.8 Å². The molecule has 20 heavy (non-hydrogen) atoms. The van der Waals surface area contributed by atoms with Crippen molar-refractivity contribution in [2.75, 3.05) is 20.3 Å². The Balaban J connectivity index is 1.92. The molecule has 0 aromatic heterocycles. The summed E-state index contributed by atoms with van der Waals surface area (Å²) in [6.07, 6.45) is 3.04. The fourth-order valence-electron chi connectivity index (χ4n) is 2.69. The van der Waals surface area contributed by atoms with Crippen LogP contribution in [0.25, 0.3) is 0 Å². The van der Waals surface area contributed by atoms with E-state index in [0.29, 0.717) is 42.6 Å². The summed E-state index contributed by atoms with van der Waals surface area (Å²) in [4.78, 5) is 10.9. The number of fused-ring (bicyclic) bond motifs is 1. The normalized spacial score (nSPS) is 18.6.